The zero-order valence-electron chi connectivity index (χ0n) is 80.6. The largest absolute Gasteiger partial charge is 0.505 e. The van der Waals surface area contributed by atoms with Crippen molar-refractivity contribution in [3.8, 4) is 40.2 Å². The molecule has 0 amide bonds. The van der Waals surface area contributed by atoms with Crippen LogP contribution in [0.4, 0.5) is 0 Å². The molecular weight excluding hydrogens is 1690 g/mol. The lowest BCUT2D eigenvalue weighted by molar-refractivity contribution is 0.0695. The van der Waals surface area contributed by atoms with Crippen LogP contribution in [0.15, 0.2) is 133 Å². The van der Waals surface area contributed by atoms with Crippen LogP contribution in [0, 0.1) is 0 Å². The maximum absolute atomic E-state index is 5.92. The molecule has 0 fully saturated rings. The molecule has 0 saturated heterocycles. The summed E-state index contributed by atoms with van der Waals surface area (Å²) in [6, 6.07) is 48.6. The first-order valence-corrected chi connectivity index (χ1v) is 56.6. The van der Waals surface area contributed by atoms with E-state index in [1.165, 1.54) is 16.7 Å². The van der Waals surface area contributed by atoms with E-state index in [9.17, 15) is 0 Å². The SMILES string of the molecule is CCO[Si](CCCc1ccc(OC)cc1)(OCC)OCC.CCO[Si](Cc1cc(OC)cc(OC)c1)(OCC)OCC.CCO[Si](Cc1ccc(OC(C)(C)C)cc1)(OCC)OCC.CCO[Si](Cc1ccc(OC)cc1)(OCC)OCC.CCO[Si](Cc1ccc2c(c1)CCCO2)(OCC)OCC.CCOc1ccc(C[Si](OCC)(OCC)OCC)cc1. The van der Waals surface area contributed by atoms with E-state index >= 15 is 0 Å². The summed E-state index contributed by atoms with van der Waals surface area (Å²) >= 11 is 0. The minimum absolute atomic E-state index is 0.192. The van der Waals surface area contributed by atoms with Crippen LogP contribution < -0.4 is 33.2 Å². The highest BCUT2D eigenvalue weighted by Crippen LogP contribution is 2.31. The molecule has 1 heterocycles. The summed E-state index contributed by atoms with van der Waals surface area (Å²) < 4.78 is 144. The first kappa shape index (κ1) is 115. The molecule has 0 spiro atoms. The summed E-state index contributed by atoms with van der Waals surface area (Å²) in [4.78, 5) is 0. The van der Waals surface area contributed by atoms with Crippen LogP contribution in [0.5, 0.6) is 40.2 Å². The van der Waals surface area contributed by atoms with Gasteiger partial charge in [-0.2, -0.15) is 0 Å². The second kappa shape index (κ2) is 66.0. The molecular formula is C93H160O25Si6. The Morgan fingerprint density at radius 1 is 0.266 bits per heavy atom. The van der Waals surface area contributed by atoms with Crippen LogP contribution in [-0.2, 0) is 123 Å². The molecule has 0 aromatic heterocycles. The van der Waals surface area contributed by atoms with E-state index in [0.29, 0.717) is 150 Å². The Hall–Kier alpha value is -5.50. The molecule has 1 aliphatic heterocycles. The average molecular weight is 1850 g/mol. The second-order valence-corrected chi connectivity index (χ2v) is 44.0. The monoisotopic (exact) mass is 1840 g/mol. The van der Waals surface area contributed by atoms with Gasteiger partial charge in [0.15, 0.2) is 0 Å². The van der Waals surface area contributed by atoms with Gasteiger partial charge in [0.05, 0.1) is 41.7 Å². The smallest absolute Gasteiger partial charge is 0.497 e. The van der Waals surface area contributed by atoms with Gasteiger partial charge >= 0.3 is 52.8 Å². The lowest BCUT2D eigenvalue weighted by atomic mass is 10.0. The Morgan fingerprint density at radius 2 is 0.532 bits per heavy atom. The zero-order valence-corrected chi connectivity index (χ0v) is 86.6. The van der Waals surface area contributed by atoms with Crippen LogP contribution in [0.25, 0.3) is 0 Å². The van der Waals surface area contributed by atoms with Crippen molar-refractivity contribution in [3.63, 3.8) is 0 Å². The molecule has 0 atom stereocenters. The third kappa shape index (κ3) is 44.7. The van der Waals surface area contributed by atoms with Gasteiger partial charge in [0.25, 0.3) is 0 Å². The lowest BCUT2D eigenvalue weighted by Crippen LogP contribution is -2.48. The van der Waals surface area contributed by atoms with Crippen LogP contribution in [-0.4, -0.2) is 219 Å². The quantitative estimate of drug-likeness (QED) is 0.0323. The summed E-state index contributed by atoms with van der Waals surface area (Å²) in [5.41, 5.74) is 8.05. The van der Waals surface area contributed by atoms with Crippen molar-refractivity contribution >= 4 is 52.8 Å². The Labute approximate surface area is 754 Å². The van der Waals surface area contributed by atoms with Crippen LogP contribution in [0.2, 0.25) is 6.04 Å². The van der Waals surface area contributed by atoms with Gasteiger partial charge in [-0.1, -0.05) is 60.7 Å². The number of ether oxygens (including phenoxy) is 7. The number of hydrogen-bond donors (Lipinski definition) is 0. The second-order valence-electron chi connectivity index (χ2n) is 28.4. The highest BCUT2D eigenvalue weighted by Gasteiger charge is 2.45. The predicted molar refractivity (Wildman–Crippen MR) is 506 cm³/mol. The number of aryl methyl sites for hydroxylation is 2. The van der Waals surface area contributed by atoms with Gasteiger partial charge in [-0.25, -0.2) is 0 Å². The Bertz CT molecular complexity index is 3480. The molecule has 0 radical (unpaired) electrons. The molecule has 25 nitrogen and oxygen atoms in total. The molecule has 1 aliphatic rings. The summed E-state index contributed by atoms with van der Waals surface area (Å²) in [5, 5.41) is 0. The molecule has 124 heavy (non-hydrogen) atoms. The van der Waals surface area contributed by atoms with Crippen molar-refractivity contribution in [2.24, 2.45) is 0 Å². The van der Waals surface area contributed by atoms with E-state index in [1.54, 1.807) is 28.4 Å². The molecule has 0 aliphatic carbocycles. The van der Waals surface area contributed by atoms with E-state index in [-0.39, 0.29) is 5.60 Å². The van der Waals surface area contributed by atoms with Gasteiger partial charge in [0.2, 0.25) is 0 Å². The van der Waals surface area contributed by atoms with Crippen LogP contribution in [0.1, 0.15) is 204 Å². The predicted octanol–water partition coefficient (Wildman–Crippen LogP) is 19.7. The molecule has 0 bridgehead atoms. The van der Waals surface area contributed by atoms with Gasteiger partial charge in [0.1, 0.15) is 45.8 Å². The van der Waals surface area contributed by atoms with Crippen molar-refractivity contribution in [1.82, 2.24) is 0 Å². The van der Waals surface area contributed by atoms with Crippen LogP contribution in [0.3, 0.4) is 0 Å². The molecule has 31 heteroatoms. The normalized spacial score (nSPS) is 12.2. The van der Waals surface area contributed by atoms with E-state index < -0.39 is 52.8 Å². The standard InChI is InChI=1S/C17H30O4Si.C16H26O4Si.C16H28O4Si.C15H26O5Si.C15H26O4Si.C14H24O4Si/c1-7-18-22(19-8-2,20-9-3)14-15-10-12-16(13-11-15)21-17(4,5)6;1-4-18-21(19-5-2,20-6-3)13-14-9-10-16-15(12-14)8-7-11-17-16;1-5-18-21(19-6-2,20-7-3)14-8-9-15-10-12-16(17-4)13-11-15;1-6-18-21(19-7-2,20-8-3)12-13-9-14(16-4)11-15(10-13)17-5;1-5-16-15-11-9-14(10-12-15)13-20(17-6-2,18-7-3)19-8-4;1-5-16-19(17-6-2,18-7-3)12-13-8-10-14(15-4)11-9-13/h10-13H,7-9,14H2,1-6H3;9-10,12H,4-8,11,13H2,1-3H3;10-13H,5-9,14H2,1-4H3;9-11H,6-8,12H2,1-5H3;9-12H,5-8,13H2,1-4H3;8-11H,5-7,12H2,1-4H3. The van der Waals surface area contributed by atoms with Crippen molar-refractivity contribution in [3.05, 3.63) is 172 Å². The van der Waals surface area contributed by atoms with E-state index in [4.69, 9.17) is 113 Å². The van der Waals surface area contributed by atoms with Crippen molar-refractivity contribution in [2.75, 3.05) is 161 Å². The number of rotatable bonds is 57. The fraction of sp³-hybridized carbons (Fsp3) is 0.613. The number of fused-ring (bicyclic) bond motifs is 1. The Kier molecular flexibility index (Phi) is 60.9. The first-order valence-electron chi connectivity index (χ1n) is 45.0. The third-order valence-electron chi connectivity index (χ3n) is 17.9. The maximum Gasteiger partial charge on any atom is 0.505 e. The first-order chi connectivity index (χ1) is 59.8. The van der Waals surface area contributed by atoms with Gasteiger partial charge in [-0.05, 0) is 284 Å². The summed E-state index contributed by atoms with van der Waals surface area (Å²) in [6.07, 6.45) is 4.15. The third-order valence-corrected chi connectivity index (χ3v) is 36.2. The molecule has 706 valence electrons. The number of benzene rings is 6. The van der Waals surface area contributed by atoms with Gasteiger partial charge in [-0.3, -0.25) is 0 Å². The minimum atomic E-state index is -2.72. The zero-order chi connectivity index (χ0) is 92.0. The molecule has 0 unspecified atom stereocenters. The lowest BCUT2D eigenvalue weighted by Gasteiger charge is -2.29. The van der Waals surface area contributed by atoms with Crippen molar-refractivity contribution in [2.45, 2.75) is 220 Å². The van der Waals surface area contributed by atoms with Gasteiger partial charge < -0.3 is 113 Å². The summed E-state index contributed by atoms with van der Waals surface area (Å²) in [5.74, 6) is 6.00. The van der Waals surface area contributed by atoms with Gasteiger partial charge in [-0.15, -0.1) is 0 Å². The average Bonchev–Trinajstić information content (AvgIpc) is 0.798. The van der Waals surface area contributed by atoms with E-state index in [0.717, 1.165) is 107 Å². The molecule has 0 saturated carbocycles. The summed E-state index contributed by atoms with van der Waals surface area (Å²) in [6.45, 7) is 55.9. The maximum atomic E-state index is 5.92. The highest BCUT2D eigenvalue weighted by molar-refractivity contribution is 6.62. The Morgan fingerprint density at radius 3 is 0.823 bits per heavy atom. The number of hydrogen-bond acceptors (Lipinski definition) is 25. The van der Waals surface area contributed by atoms with Crippen LogP contribution >= 0.6 is 0 Å². The molecule has 0 N–H and O–H groups in total. The molecule has 6 aromatic carbocycles. The molecule has 6 aromatic rings. The fourth-order valence-corrected chi connectivity index (χ4v) is 29.0. The van der Waals surface area contributed by atoms with Gasteiger partial charge in [0, 0.05) is 161 Å². The van der Waals surface area contributed by atoms with E-state index in [1.807, 2.05) is 243 Å². The Balaban J connectivity index is 0.000000504. The van der Waals surface area contributed by atoms with E-state index in [2.05, 4.69) is 42.5 Å². The topological polar surface area (TPSA) is 231 Å². The fourth-order valence-electron chi connectivity index (χ4n) is 13.4. The number of methoxy groups -OCH3 is 4. The van der Waals surface area contributed by atoms with Crippen molar-refractivity contribution < 1.29 is 113 Å². The summed E-state index contributed by atoms with van der Waals surface area (Å²) in [7, 11) is -9.08. The minimum Gasteiger partial charge on any atom is -0.497 e. The molecule has 7 rings (SSSR count). The highest BCUT2D eigenvalue weighted by atomic mass is 28.4. The van der Waals surface area contributed by atoms with Crippen molar-refractivity contribution in [1.29, 1.82) is 0 Å².